The molecule has 0 aromatic carbocycles. The largest absolute Gasteiger partial charge is 0.390 e. The van der Waals surface area contributed by atoms with Gasteiger partial charge >= 0.3 is 0 Å². The van der Waals surface area contributed by atoms with Crippen LogP contribution < -0.4 is 10.6 Å². The topological polar surface area (TPSA) is 90.9 Å². The van der Waals surface area contributed by atoms with Crippen LogP contribution >= 0.6 is 11.3 Å². The summed E-state index contributed by atoms with van der Waals surface area (Å²) in [5.41, 5.74) is -0.877. The minimum absolute atomic E-state index is 0.0158. The summed E-state index contributed by atoms with van der Waals surface area (Å²) in [4.78, 5) is 29.2. The van der Waals surface area contributed by atoms with Gasteiger partial charge in [0.2, 0.25) is 11.8 Å². The van der Waals surface area contributed by atoms with Crippen molar-refractivity contribution in [2.75, 3.05) is 39.4 Å². The quantitative estimate of drug-likeness (QED) is 0.480. The number of morpholine rings is 1. The van der Waals surface area contributed by atoms with E-state index in [0.29, 0.717) is 25.8 Å². The van der Waals surface area contributed by atoms with Crippen LogP contribution in [0.15, 0.2) is 17.5 Å². The van der Waals surface area contributed by atoms with Crippen LogP contribution in [0, 0.1) is 16.7 Å². The van der Waals surface area contributed by atoms with Crippen LogP contribution in [0.2, 0.25) is 0 Å². The lowest BCUT2D eigenvalue weighted by molar-refractivity contribution is -0.124. The van der Waals surface area contributed by atoms with Crippen molar-refractivity contribution >= 4 is 23.2 Å². The summed E-state index contributed by atoms with van der Waals surface area (Å²) in [5, 5.41) is 19.4. The first-order valence-electron chi connectivity index (χ1n) is 13.2. The average molecular weight is 506 g/mol. The number of ether oxygens (including phenoxy) is 1. The van der Waals surface area contributed by atoms with Gasteiger partial charge in [0.05, 0.1) is 25.2 Å². The fourth-order valence-corrected chi connectivity index (χ4v) is 7.57. The van der Waals surface area contributed by atoms with Crippen LogP contribution in [0.3, 0.4) is 0 Å². The molecule has 0 spiro atoms. The Kier molecular flexibility index (Phi) is 8.25. The Morgan fingerprint density at radius 3 is 2.66 bits per heavy atom. The molecule has 1 aliphatic heterocycles. The smallest absolute Gasteiger partial charge is 0.225 e. The number of carbonyl (C=O) groups is 2. The first-order valence-corrected chi connectivity index (χ1v) is 14.1. The molecule has 0 radical (unpaired) electrons. The Morgan fingerprint density at radius 1 is 1.17 bits per heavy atom. The van der Waals surface area contributed by atoms with Gasteiger partial charge in [-0.1, -0.05) is 19.9 Å². The van der Waals surface area contributed by atoms with Crippen LogP contribution in [-0.4, -0.2) is 72.9 Å². The molecule has 2 amide bonds. The van der Waals surface area contributed by atoms with E-state index in [1.165, 1.54) is 0 Å². The van der Waals surface area contributed by atoms with E-state index in [1.807, 2.05) is 24.4 Å². The molecule has 196 valence electrons. The third kappa shape index (κ3) is 6.45. The van der Waals surface area contributed by atoms with Gasteiger partial charge < -0.3 is 20.5 Å². The normalized spacial score (nSPS) is 32.7. The van der Waals surface area contributed by atoms with Gasteiger partial charge in [0.15, 0.2) is 0 Å². The lowest BCUT2D eigenvalue weighted by atomic mass is 9.57. The molecule has 3 aliphatic rings. The van der Waals surface area contributed by atoms with Crippen LogP contribution in [0.1, 0.15) is 64.2 Å². The maximum Gasteiger partial charge on any atom is 0.225 e. The van der Waals surface area contributed by atoms with E-state index in [0.717, 1.165) is 63.4 Å². The minimum atomic E-state index is -0.693. The van der Waals surface area contributed by atoms with Gasteiger partial charge in [-0.3, -0.25) is 14.5 Å². The van der Waals surface area contributed by atoms with Gasteiger partial charge in [0.1, 0.15) is 0 Å². The second-order valence-electron chi connectivity index (χ2n) is 11.9. The molecule has 35 heavy (non-hydrogen) atoms. The van der Waals surface area contributed by atoms with Crippen molar-refractivity contribution in [2.45, 2.75) is 77.4 Å². The third-order valence-corrected chi connectivity index (χ3v) is 9.63. The van der Waals surface area contributed by atoms with Crippen molar-refractivity contribution in [3.05, 3.63) is 22.4 Å². The van der Waals surface area contributed by atoms with E-state index >= 15 is 0 Å². The first-order chi connectivity index (χ1) is 16.6. The number of hydrogen-bond donors (Lipinski definition) is 3. The predicted molar refractivity (Wildman–Crippen MR) is 138 cm³/mol. The zero-order valence-electron chi connectivity index (χ0n) is 21.6. The predicted octanol–water partition coefficient (Wildman–Crippen LogP) is 2.97. The summed E-state index contributed by atoms with van der Waals surface area (Å²) in [7, 11) is 0. The highest BCUT2D eigenvalue weighted by Gasteiger charge is 2.61. The molecular formula is C27H43N3O4S. The zero-order chi connectivity index (χ0) is 25.1. The highest BCUT2D eigenvalue weighted by molar-refractivity contribution is 7.10. The number of nitrogens with zero attached hydrogens (tertiary/aromatic N) is 1. The number of carbonyl (C=O) groups excluding carboxylic acids is 2. The molecule has 0 unspecified atom stereocenters. The summed E-state index contributed by atoms with van der Waals surface area (Å²) in [5.74, 6) is 0.393. The van der Waals surface area contributed by atoms with Crippen LogP contribution in [0.5, 0.6) is 0 Å². The van der Waals surface area contributed by atoms with Gasteiger partial charge in [-0.25, -0.2) is 0 Å². The van der Waals surface area contributed by atoms with E-state index in [2.05, 4.69) is 29.4 Å². The molecule has 1 saturated heterocycles. The molecule has 4 rings (SSSR count). The lowest BCUT2D eigenvalue weighted by Crippen LogP contribution is -2.53. The molecule has 3 N–H and O–H groups in total. The second-order valence-corrected chi connectivity index (χ2v) is 12.9. The first kappa shape index (κ1) is 26.6. The van der Waals surface area contributed by atoms with Crippen LogP contribution in [0.4, 0.5) is 0 Å². The highest BCUT2D eigenvalue weighted by Crippen LogP contribution is 2.63. The number of thiophene rings is 1. The highest BCUT2D eigenvalue weighted by atomic mass is 32.1. The zero-order valence-corrected chi connectivity index (χ0v) is 22.4. The molecule has 2 aliphatic carbocycles. The van der Waals surface area contributed by atoms with Crippen molar-refractivity contribution in [2.24, 2.45) is 16.7 Å². The van der Waals surface area contributed by atoms with Crippen molar-refractivity contribution in [1.82, 2.24) is 15.5 Å². The number of nitrogens with one attached hydrogen (secondary N) is 2. The Balaban J connectivity index is 1.41. The Labute approximate surface area is 214 Å². The fraction of sp³-hybridized carbons (Fsp3) is 0.778. The molecule has 7 nitrogen and oxygen atoms in total. The summed E-state index contributed by atoms with van der Waals surface area (Å²) in [6.07, 6.45) is 4.72. The molecule has 3 fully saturated rings. The lowest BCUT2D eigenvalue weighted by Gasteiger charge is -2.50. The number of hydrogen-bond acceptors (Lipinski definition) is 6. The number of amides is 2. The van der Waals surface area contributed by atoms with E-state index in [4.69, 9.17) is 4.74 Å². The third-order valence-electron chi connectivity index (χ3n) is 8.76. The van der Waals surface area contributed by atoms with Crippen molar-refractivity contribution in [1.29, 1.82) is 0 Å². The number of aliphatic hydroxyl groups is 1. The van der Waals surface area contributed by atoms with Crippen LogP contribution in [0.25, 0.3) is 0 Å². The Morgan fingerprint density at radius 2 is 1.94 bits per heavy atom. The van der Waals surface area contributed by atoms with E-state index in [-0.39, 0.29) is 34.6 Å². The molecular weight excluding hydrogens is 462 g/mol. The second kappa shape index (κ2) is 10.9. The molecule has 0 bridgehead atoms. The standard InChI is InChI=1S/C27H43N3O4S/c1-25(2)19-22(29-24(32)17-20-5-4-16-35-20)27(9-8-26(3,33)18-21(25)27)7-6-23(31)28-10-11-30-12-14-34-15-13-30/h4-5,16,21-22,33H,6-15,17-19H2,1-3H3,(H,28,31)(H,29,32)/t21-,22-,26-,27-/m0/s1. The molecule has 4 atom stereocenters. The maximum atomic E-state index is 13.0. The number of rotatable bonds is 9. The fourth-order valence-electron chi connectivity index (χ4n) is 6.86. The molecule has 1 aromatic rings. The van der Waals surface area contributed by atoms with Gasteiger partial charge in [-0.15, -0.1) is 11.3 Å². The van der Waals surface area contributed by atoms with Crippen molar-refractivity contribution in [3.63, 3.8) is 0 Å². The summed E-state index contributed by atoms with van der Waals surface area (Å²) < 4.78 is 5.39. The van der Waals surface area contributed by atoms with E-state index < -0.39 is 5.60 Å². The van der Waals surface area contributed by atoms with Gasteiger partial charge in [0.25, 0.3) is 0 Å². The molecule has 2 saturated carbocycles. The van der Waals surface area contributed by atoms with Crippen molar-refractivity contribution in [3.8, 4) is 0 Å². The van der Waals surface area contributed by atoms with Gasteiger partial charge in [-0.2, -0.15) is 0 Å². The number of fused-ring (bicyclic) bond motifs is 1. The van der Waals surface area contributed by atoms with Gasteiger partial charge in [0, 0.05) is 43.5 Å². The Bertz CT molecular complexity index is 866. The monoisotopic (exact) mass is 505 g/mol. The summed E-state index contributed by atoms with van der Waals surface area (Å²) >= 11 is 1.61. The molecule has 1 aromatic heterocycles. The summed E-state index contributed by atoms with van der Waals surface area (Å²) in [6, 6.07) is 4.00. The Hall–Kier alpha value is -1.48. The SMILES string of the molecule is CC1(C)C[C@H](NC(=O)Cc2cccs2)[C@@]2(CCC(=O)NCCN3CCOCC3)CC[C@](C)(O)C[C@@H]12. The van der Waals surface area contributed by atoms with Crippen molar-refractivity contribution < 1.29 is 19.4 Å². The summed E-state index contributed by atoms with van der Waals surface area (Å²) in [6.45, 7) is 11.3. The van der Waals surface area contributed by atoms with Crippen LogP contribution in [-0.2, 0) is 20.7 Å². The van der Waals surface area contributed by atoms with Gasteiger partial charge in [-0.05, 0) is 67.2 Å². The van der Waals surface area contributed by atoms with E-state index in [9.17, 15) is 14.7 Å². The average Bonchev–Trinajstić information content (AvgIpc) is 3.37. The molecule has 8 heteroatoms. The van der Waals surface area contributed by atoms with E-state index in [1.54, 1.807) is 11.3 Å². The minimum Gasteiger partial charge on any atom is -0.390 e. The molecule has 2 heterocycles. The maximum absolute atomic E-state index is 13.0.